The molecule has 2 aromatic carbocycles. The molecule has 0 bridgehead atoms. The lowest BCUT2D eigenvalue weighted by atomic mass is 10.2. The predicted molar refractivity (Wildman–Crippen MR) is 112 cm³/mol. The van der Waals surface area contributed by atoms with E-state index in [1.807, 2.05) is 55.5 Å². The van der Waals surface area contributed by atoms with Crippen LogP contribution in [0.25, 0.3) is 11.0 Å². The van der Waals surface area contributed by atoms with Gasteiger partial charge in [-0.3, -0.25) is 4.79 Å². The number of carbonyl (C=O) groups is 1. The highest BCUT2D eigenvalue weighted by molar-refractivity contribution is 6.33. The highest BCUT2D eigenvalue weighted by atomic mass is 35.5. The molecule has 3 aromatic rings. The molecule has 1 aliphatic heterocycles. The van der Waals surface area contributed by atoms with Crippen LogP contribution in [0.3, 0.4) is 0 Å². The van der Waals surface area contributed by atoms with Crippen molar-refractivity contribution >= 4 is 34.2 Å². The summed E-state index contributed by atoms with van der Waals surface area (Å²) in [5, 5.41) is 4.90. The lowest BCUT2D eigenvalue weighted by molar-refractivity contribution is -0.892. The van der Waals surface area contributed by atoms with Crippen molar-refractivity contribution in [3.8, 4) is 0 Å². The number of hydrogen-bond acceptors (Lipinski definition) is 3. The van der Waals surface area contributed by atoms with Crippen molar-refractivity contribution in [1.29, 1.82) is 0 Å². The summed E-state index contributed by atoms with van der Waals surface area (Å²) in [4.78, 5) is 16.1. The summed E-state index contributed by atoms with van der Waals surface area (Å²) in [5.41, 5.74) is 1.92. The minimum Gasteiger partial charge on any atom is -0.459 e. The molecule has 1 fully saturated rings. The van der Waals surface area contributed by atoms with Gasteiger partial charge >= 0.3 is 0 Å². The molecule has 28 heavy (non-hydrogen) atoms. The Morgan fingerprint density at radius 2 is 1.89 bits per heavy atom. The Morgan fingerprint density at radius 3 is 2.64 bits per heavy atom. The Bertz CT molecular complexity index is 930. The van der Waals surface area contributed by atoms with Crippen molar-refractivity contribution in [2.45, 2.75) is 13.0 Å². The quantitative estimate of drug-likeness (QED) is 0.694. The predicted octanol–water partition coefficient (Wildman–Crippen LogP) is 2.67. The average Bonchev–Trinajstić information content (AvgIpc) is 3.13. The number of fused-ring (bicyclic) bond motifs is 1. The Labute approximate surface area is 169 Å². The Kier molecular flexibility index (Phi) is 5.55. The zero-order valence-electron chi connectivity index (χ0n) is 16.0. The van der Waals surface area contributed by atoms with E-state index in [2.05, 4.69) is 16.3 Å². The lowest BCUT2D eigenvalue weighted by Gasteiger charge is -2.33. The van der Waals surface area contributed by atoms with Crippen LogP contribution in [0.2, 0.25) is 5.02 Å². The first kappa shape index (κ1) is 18.8. The number of furan rings is 1. The molecule has 6 heteroatoms. The van der Waals surface area contributed by atoms with E-state index < -0.39 is 0 Å². The maximum absolute atomic E-state index is 12.5. The normalized spacial score (nSPS) is 16.3. The van der Waals surface area contributed by atoms with Gasteiger partial charge in [0.15, 0.2) is 6.54 Å². The average molecular weight is 399 g/mol. The molecule has 0 aliphatic carbocycles. The van der Waals surface area contributed by atoms with E-state index in [0.29, 0.717) is 6.54 Å². The number of quaternary nitrogens is 1. The van der Waals surface area contributed by atoms with Crippen LogP contribution in [-0.2, 0) is 4.79 Å². The zero-order chi connectivity index (χ0) is 19.5. The number of nitrogens with zero attached hydrogens (tertiary/aromatic N) is 1. The third-order valence-corrected chi connectivity index (χ3v) is 5.64. The summed E-state index contributed by atoms with van der Waals surface area (Å²) in [6.07, 6.45) is 0. The number of anilines is 1. The van der Waals surface area contributed by atoms with Gasteiger partial charge in [-0.15, -0.1) is 0 Å². The third kappa shape index (κ3) is 4.16. The van der Waals surface area contributed by atoms with Crippen LogP contribution >= 0.6 is 11.6 Å². The van der Waals surface area contributed by atoms with Crippen molar-refractivity contribution in [3.63, 3.8) is 0 Å². The van der Waals surface area contributed by atoms with Crippen molar-refractivity contribution in [1.82, 2.24) is 5.32 Å². The molecular weight excluding hydrogens is 374 g/mol. The molecule has 4 rings (SSSR count). The standard InChI is InChI=1S/C22H24ClN3O2/c1-16(21-14-17-6-2-5-9-20(17)28-21)24-22(27)15-25-10-12-26(13-11-25)19-8-4-3-7-18(19)23/h2-9,14,16H,10-13,15H2,1H3,(H,24,27)/p+1/t16-/m0/s1. The number of halogens is 1. The van der Waals surface area contributed by atoms with Crippen LogP contribution in [0, 0.1) is 0 Å². The van der Waals surface area contributed by atoms with E-state index in [4.69, 9.17) is 16.0 Å². The van der Waals surface area contributed by atoms with Gasteiger partial charge in [-0.2, -0.15) is 0 Å². The van der Waals surface area contributed by atoms with Crippen molar-refractivity contribution < 1.29 is 14.1 Å². The molecule has 1 amide bonds. The van der Waals surface area contributed by atoms with E-state index in [1.165, 1.54) is 4.90 Å². The van der Waals surface area contributed by atoms with E-state index in [0.717, 1.165) is 53.6 Å². The molecule has 1 saturated heterocycles. The van der Waals surface area contributed by atoms with Gasteiger partial charge < -0.3 is 19.5 Å². The van der Waals surface area contributed by atoms with Gasteiger partial charge in [0.2, 0.25) is 0 Å². The van der Waals surface area contributed by atoms with Gasteiger partial charge in [0.1, 0.15) is 11.3 Å². The molecule has 0 spiro atoms. The second-order valence-electron chi connectivity index (χ2n) is 7.34. The van der Waals surface area contributed by atoms with Crippen LogP contribution in [0.1, 0.15) is 18.7 Å². The number of benzene rings is 2. The molecule has 1 atom stereocenters. The second-order valence-corrected chi connectivity index (χ2v) is 7.75. The molecule has 1 aromatic heterocycles. The summed E-state index contributed by atoms with van der Waals surface area (Å²) >= 11 is 6.30. The molecule has 2 heterocycles. The first-order valence-corrected chi connectivity index (χ1v) is 10.1. The van der Waals surface area contributed by atoms with Gasteiger partial charge in [-0.25, -0.2) is 0 Å². The largest absolute Gasteiger partial charge is 0.459 e. The Hall–Kier alpha value is -2.50. The summed E-state index contributed by atoms with van der Waals surface area (Å²) in [6, 6.07) is 17.7. The molecule has 5 nitrogen and oxygen atoms in total. The third-order valence-electron chi connectivity index (χ3n) is 5.32. The maximum atomic E-state index is 12.5. The first-order chi connectivity index (χ1) is 13.6. The van der Waals surface area contributed by atoms with Crippen LogP contribution < -0.4 is 15.1 Å². The van der Waals surface area contributed by atoms with Crippen LogP contribution in [0.4, 0.5) is 5.69 Å². The number of nitrogens with one attached hydrogen (secondary N) is 2. The minimum absolute atomic E-state index is 0.0501. The molecule has 2 N–H and O–H groups in total. The SMILES string of the molecule is C[C@H](NC(=O)C[NH+]1CCN(c2ccccc2Cl)CC1)c1cc2ccccc2o1. The van der Waals surface area contributed by atoms with E-state index in [-0.39, 0.29) is 11.9 Å². The second kappa shape index (κ2) is 8.25. The highest BCUT2D eigenvalue weighted by Gasteiger charge is 2.24. The van der Waals surface area contributed by atoms with Gasteiger partial charge in [0.05, 0.1) is 42.9 Å². The maximum Gasteiger partial charge on any atom is 0.275 e. The minimum atomic E-state index is -0.149. The fourth-order valence-electron chi connectivity index (χ4n) is 3.76. The van der Waals surface area contributed by atoms with Crippen LogP contribution in [-0.4, -0.2) is 38.6 Å². The van der Waals surface area contributed by atoms with E-state index in [1.54, 1.807) is 0 Å². The van der Waals surface area contributed by atoms with Gasteiger partial charge in [0, 0.05) is 5.39 Å². The summed E-state index contributed by atoms with van der Waals surface area (Å²) in [5.74, 6) is 0.835. The van der Waals surface area contributed by atoms with E-state index in [9.17, 15) is 4.79 Å². The zero-order valence-corrected chi connectivity index (χ0v) is 16.7. The summed E-state index contributed by atoms with van der Waals surface area (Å²) in [6.45, 7) is 6.05. The number of piperazine rings is 1. The fourth-order valence-corrected chi connectivity index (χ4v) is 4.01. The Morgan fingerprint density at radius 1 is 1.18 bits per heavy atom. The summed E-state index contributed by atoms with van der Waals surface area (Å²) in [7, 11) is 0. The number of hydrogen-bond donors (Lipinski definition) is 2. The van der Waals surface area contributed by atoms with Gasteiger partial charge in [-0.1, -0.05) is 41.9 Å². The lowest BCUT2D eigenvalue weighted by Crippen LogP contribution is -3.16. The number of rotatable bonds is 5. The van der Waals surface area contributed by atoms with Crippen molar-refractivity contribution in [2.75, 3.05) is 37.6 Å². The molecule has 146 valence electrons. The number of amides is 1. The number of carbonyl (C=O) groups excluding carboxylic acids is 1. The monoisotopic (exact) mass is 398 g/mol. The smallest absolute Gasteiger partial charge is 0.275 e. The van der Waals surface area contributed by atoms with E-state index >= 15 is 0 Å². The molecule has 0 radical (unpaired) electrons. The molecule has 0 saturated carbocycles. The molecular formula is C22H25ClN3O2+. The van der Waals surface area contributed by atoms with Crippen molar-refractivity contribution in [2.24, 2.45) is 0 Å². The van der Waals surface area contributed by atoms with Gasteiger partial charge in [-0.05, 0) is 31.2 Å². The molecule has 1 aliphatic rings. The van der Waals surface area contributed by atoms with Crippen molar-refractivity contribution in [3.05, 3.63) is 65.4 Å². The van der Waals surface area contributed by atoms with Gasteiger partial charge in [0.25, 0.3) is 5.91 Å². The number of para-hydroxylation sites is 2. The van der Waals surface area contributed by atoms with Crippen LogP contribution in [0.15, 0.2) is 59.0 Å². The summed E-state index contributed by atoms with van der Waals surface area (Å²) < 4.78 is 5.85. The van der Waals surface area contributed by atoms with Crippen LogP contribution in [0.5, 0.6) is 0 Å². The first-order valence-electron chi connectivity index (χ1n) is 9.71. The Balaban J connectivity index is 1.29. The highest BCUT2D eigenvalue weighted by Crippen LogP contribution is 2.25. The molecule has 0 unspecified atom stereocenters. The topological polar surface area (TPSA) is 49.9 Å². The fraction of sp³-hybridized carbons (Fsp3) is 0.318.